The third kappa shape index (κ3) is 5.82. The highest BCUT2D eigenvalue weighted by molar-refractivity contribution is 7.99. The molecule has 2 atom stereocenters. The summed E-state index contributed by atoms with van der Waals surface area (Å²) >= 11 is 1.39. The smallest absolute Gasteiger partial charge is 0.251 e. The SMILES string of the molecule is CCn1c(CNC(=O)c2ccccc2)nnc1SCC(=O)N[C@H]1CCCC[C@@H]1C. The van der Waals surface area contributed by atoms with E-state index in [9.17, 15) is 9.59 Å². The highest BCUT2D eigenvalue weighted by atomic mass is 32.2. The van der Waals surface area contributed by atoms with Gasteiger partial charge in [-0.15, -0.1) is 10.2 Å². The summed E-state index contributed by atoms with van der Waals surface area (Å²) in [5, 5.41) is 15.2. The van der Waals surface area contributed by atoms with E-state index in [1.807, 2.05) is 29.7 Å². The van der Waals surface area contributed by atoms with Gasteiger partial charge in [0.15, 0.2) is 11.0 Å². The Hall–Kier alpha value is -2.35. The minimum atomic E-state index is -0.147. The molecule has 1 aromatic heterocycles. The quantitative estimate of drug-likeness (QED) is 0.647. The summed E-state index contributed by atoms with van der Waals surface area (Å²) in [5.74, 6) is 1.43. The molecule has 2 aromatic rings. The van der Waals surface area contributed by atoms with Crippen LogP contribution in [0.2, 0.25) is 0 Å². The zero-order valence-corrected chi connectivity index (χ0v) is 17.9. The number of hydrogen-bond donors (Lipinski definition) is 2. The van der Waals surface area contributed by atoms with Gasteiger partial charge in [0.05, 0.1) is 12.3 Å². The van der Waals surface area contributed by atoms with Crippen molar-refractivity contribution in [2.45, 2.75) is 63.8 Å². The summed E-state index contributed by atoms with van der Waals surface area (Å²) < 4.78 is 1.94. The number of carbonyl (C=O) groups excluding carboxylic acids is 2. The number of amides is 2. The molecule has 156 valence electrons. The fraction of sp³-hybridized carbons (Fsp3) is 0.524. The molecule has 0 saturated heterocycles. The molecule has 1 aromatic carbocycles. The first-order chi connectivity index (χ1) is 14.1. The van der Waals surface area contributed by atoms with Crippen LogP contribution in [0.4, 0.5) is 0 Å². The van der Waals surface area contributed by atoms with Crippen molar-refractivity contribution >= 4 is 23.6 Å². The Morgan fingerprint density at radius 1 is 1.17 bits per heavy atom. The largest absolute Gasteiger partial charge is 0.352 e. The number of nitrogens with zero attached hydrogens (tertiary/aromatic N) is 3. The van der Waals surface area contributed by atoms with Crippen molar-refractivity contribution in [3.05, 3.63) is 41.7 Å². The molecule has 0 spiro atoms. The number of hydrogen-bond acceptors (Lipinski definition) is 5. The second kappa shape index (κ2) is 10.4. The lowest BCUT2D eigenvalue weighted by Gasteiger charge is -2.29. The summed E-state index contributed by atoms with van der Waals surface area (Å²) in [6.45, 7) is 5.18. The number of thioether (sulfide) groups is 1. The van der Waals surface area contributed by atoms with Gasteiger partial charge in [-0.1, -0.05) is 49.7 Å². The highest BCUT2D eigenvalue weighted by Crippen LogP contribution is 2.24. The van der Waals surface area contributed by atoms with E-state index in [-0.39, 0.29) is 17.9 Å². The molecule has 0 aliphatic heterocycles. The lowest BCUT2D eigenvalue weighted by atomic mass is 9.86. The van der Waals surface area contributed by atoms with Gasteiger partial charge < -0.3 is 15.2 Å². The molecule has 2 amide bonds. The van der Waals surface area contributed by atoms with E-state index in [2.05, 4.69) is 27.8 Å². The Morgan fingerprint density at radius 2 is 1.93 bits per heavy atom. The number of benzene rings is 1. The van der Waals surface area contributed by atoms with E-state index in [4.69, 9.17) is 0 Å². The second-order valence-corrected chi connectivity index (χ2v) is 8.36. The lowest BCUT2D eigenvalue weighted by molar-refractivity contribution is -0.119. The predicted molar refractivity (Wildman–Crippen MR) is 114 cm³/mol. The highest BCUT2D eigenvalue weighted by Gasteiger charge is 2.23. The van der Waals surface area contributed by atoms with Gasteiger partial charge in [0.2, 0.25) is 5.91 Å². The van der Waals surface area contributed by atoms with Crippen LogP contribution in [0.3, 0.4) is 0 Å². The third-order valence-corrected chi connectivity index (χ3v) is 6.31. The molecule has 3 rings (SSSR count). The number of nitrogens with one attached hydrogen (secondary N) is 2. The monoisotopic (exact) mass is 415 g/mol. The Labute approximate surface area is 176 Å². The molecule has 8 heteroatoms. The normalized spacial score (nSPS) is 19.0. The topological polar surface area (TPSA) is 88.9 Å². The number of rotatable bonds is 8. The van der Waals surface area contributed by atoms with E-state index in [0.717, 1.165) is 6.42 Å². The molecule has 7 nitrogen and oxygen atoms in total. The zero-order valence-electron chi connectivity index (χ0n) is 17.1. The van der Waals surface area contributed by atoms with Crippen molar-refractivity contribution in [3.63, 3.8) is 0 Å². The summed E-state index contributed by atoms with van der Waals surface area (Å²) in [6.07, 6.45) is 4.68. The van der Waals surface area contributed by atoms with Gasteiger partial charge in [-0.25, -0.2) is 0 Å². The average Bonchev–Trinajstić information content (AvgIpc) is 3.14. The Bertz CT molecular complexity index is 824. The van der Waals surface area contributed by atoms with Crippen LogP contribution in [0, 0.1) is 5.92 Å². The fourth-order valence-electron chi connectivity index (χ4n) is 3.63. The molecule has 0 radical (unpaired) electrons. The van der Waals surface area contributed by atoms with Gasteiger partial charge >= 0.3 is 0 Å². The maximum absolute atomic E-state index is 12.4. The minimum Gasteiger partial charge on any atom is -0.352 e. The standard InChI is InChI=1S/C21H29N5O2S/c1-3-26-18(13-22-20(28)16-10-5-4-6-11-16)24-25-21(26)29-14-19(27)23-17-12-8-7-9-15(17)2/h4-6,10-11,15,17H,3,7-9,12-14H2,1-2H3,(H,22,28)(H,23,27)/t15-,17-/m0/s1. The molecule has 1 fully saturated rings. The Balaban J connectivity index is 1.52. The van der Waals surface area contributed by atoms with Crippen LogP contribution in [0.25, 0.3) is 0 Å². The average molecular weight is 416 g/mol. The molecule has 0 bridgehead atoms. The van der Waals surface area contributed by atoms with Gasteiger partial charge in [0.1, 0.15) is 0 Å². The maximum atomic E-state index is 12.4. The molecule has 1 saturated carbocycles. The Morgan fingerprint density at radius 3 is 2.66 bits per heavy atom. The van der Waals surface area contributed by atoms with E-state index < -0.39 is 0 Å². The van der Waals surface area contributed by atoms with Crippen molar-refractivity contribution in [3.8, 4) is 0 Å². The fourth-order valence-corrected chi connectivity index (χ4v) is 4.47. The molecule has 1 aliphatic carbocycles. The predicted octanol–water partition coefficient (Wildman–Crippen LogP) is 3.02. The van der Waals surface area contributed by atoms with Crippen LogP contribution in [0.15, 0.2) is 35.5 Å². The minimum absolute atomic E-state index is 0.0401. The van der Waals surface area contributed by atoms with Crippen molar-refractivity contribution in [2.75, 3.05) is 5.75 Å². The summed E-state index contributed by atoms with van der Waals surface area (Å²) in [6, 6.07) is 9.36. The molecular formula is C21H29N5O2S. The number of aromatic nitrogens is 3. The van der Waals surface area contributed by atoms with Crippen molar-refractivity contribution in [2.24, 2.45) is 5.92 Å². The van der Waals surface area contributed by atoms with Gasteiger partial charge in [0.25, 0.3) is 5.91 Å². The van der Waals surface area contributed by atoms with Crippen LogP contribution in [0.5, 0.6) is 0 Å². The van der Waals surface area contributed by atoms with Gasteiger partial charge in [0, 0.05) is 18.2 Å². The first kappa shape index (κ1) is 21.4. The summed E-state index contributed by atoms with van der Waals surface area (Å²) in [4.78, 5) is 24.6. The van der Waals surface area contributed by atoms with E-state index in [1.54, 1.807) is 12.1 Å². The van der Waals surface area contributed by atoms with Gasteiger partial charge in [-0.2, -0.15) is 0 Å². The zero-order chi connectivity index (χ0) is 20.6. The van der Waals surface area contributed by atoms with Crippen LogP contribution in [-0.4, -0.2) is 38.4 Å². The van der Waals surface area contributed by atoms with Gasteiger partial charge in [-0.05, 0) is 37.8 Å². The molecule has 2 N–H and O–H groups in total. The first-order valence-electron chi connectivity index (χ1n) is 10.3. The summed E-state index contributed by atoms with van der Waals surface area (Å²) in [7, 11) is 0. The molecule has 0 unspecified atom stereocenters. The second-order valence-electron chi connectivity index (χ2n) is 7.42. The van der Waals surface area contributed by atoms with E-state index >= 15 is 0 Å². The third-order valence-electron chi connectivity index (χ3n) is 5.34. The van der Waals surface area contributed by atoms with Gasteiger partial charge in [-0.3, -0.25) is 9.59 Å². The maximum Gasteiger partial charge on any atom is 0.251 e. The van der Waals surface area contributed by atoms with Crippen molar-refractivity contribution in [1.82, 2.24) is 25.4 Å². The molecule has 1 aliphatic rings. The van der Waals surface area contributed by atoms with Crippen molar-refractivity contribution in [1.29, 1.82) is 0 Å². The van der Waals surface area contributed by atoms with E-state index in [1.165, 1.54) is 31.0 Å². The van der Waals surface area contributed by atoms with Crippen LogP contribution < -0.4 is 10.6 Å². The van der Waals surface area contributed by atoms with Crippen LogP contribution >= 0.6 is 11.8 Å². The van der Waals surface area contributed by atoms with Crippen LogP contribution in [0.1, 0.15) is 55.7 Å². The Kier molecular flexibility index (Phi) is 7.69. The molecular weight excluding hydrogens is 386 g/mol. The molecule has 1 heterocycles. The molecule has 29 heavy (non-hydrogen) atoms. The lowest BCUT2D eigenvalue weighted by Crippen LogP contribution is -2.41. The van der Waals surface area contributed by atoms with Crippen molar-refractivity contribution < 1.29 is 9.59 Å². The summed E-state index contributed by atoms with van der Waals surface area (Å²) in [5.41, 5.74) is 0.610. The van der Waals surface area contributed by atoms with E-state index in [0.29, 0.717) is 41.3 Å². The number of carbonyl (C=O) groups is 2. The van der Waals surface area contributed by atoms with Crippen LogP contribution in [-0.2, 0) is 17.9 Å². The first-order valence-corrected chi connectivity index (χ1v) is 11.2.